The number of aliphatic hydroxyl groups is 1. The van der Waals surface area contributed by atoms with E-state index in [2.05, 4.69) is 15.4 Å². The number of halogens is 2. The minimum atomic E-state index is -4.05. The molecular weight excluding hydrogens is 409 g/mol. The Bertz CT molecular complexity index is 942. The number of hydrogen-bond acceptors (Lipinski definition) is 5. The molecule has 7 nitrogen and oxygen atoms in total. The largest absolute Gasteiger partial charge is 0.391 e. The van der Waals surface area contributed by atoms with Crippen LogP contribution in [-0.4, -0.2) is 45.2 Å². The Hall–Kier alpha value is -2.20. The summed E-state index contributed by atoms with van der Waals surface area (Å²) in [5.74, 6) is -1.24. The molecule has 2 unspecified atom stereocenters. The molecule has 1 amide bonds. The first kappa shape index (κ1) is 22.1. The molecule has 1 aliphatic rings. The minimum absolute atomic E-state index is 0. The molecule has 3 rings (SSSR count). The van der Waals surface area contributed by atoms with Gasteiger partial charge in [-0.15, -0.1) is 12.4 Å². The van der Waals surface area contributed by atoms with Crippen LogP contribution >= 0.6 is 12.4 Å². The molecular formula is C18H21ClFN3O4S. The van der Waals surface area contributed by atoms with E-state index < -0.39 is 27.9 Å². The van der Waals surface area contributed by atoms with Gasteiger partial charge in [0.25, 0.3) is 15.9 Å². The van der Waals surface area contributed by atoms with Gasteiger partial charge in [0.05, 0.1) is 16.7 Å². The molecule has 0 aliphatic carbocycles. The van der Waals surface area contributed by atoms with E-state index in [4.69, 9.17) is 0 Å². The van der Waals surface area contributed by atoms with Crippen molar-refractivity contribution in [3.8, 4) is 0 Å². The van der Waals surface area contributed by atoms with Crippen LogP contribution in [0.15, 0.2) is 53.4 Å². The Balaban J connectivity index is 0.00000280. The molecule has 1 fully saturated rings. The van der Waals surface area contributed by atoms with Gasteiger partial charge in [0.1, 0.15) is 5.82 Å². The summed E-state index contributed by atoms with van der Waals surface area (Å²) in [4.78, 5) is 12.2. The summed E-state index contributed by atoms with van der Waals surface area (Å²) in [6.07, 6.45) is -0.526. The fraction of sp³-hybridized carbons (Fsp3) is 0.278. The van der Waals surface area contributed by atoms with Crippen molar-refractivity contribution in [1.82, 2.24) is 10.6 Å². The Kier molecular flexibility index (Phi) is 7.36. The van der Waals surface area contributed by atoms with E-state index in [0.29, 0.717) is 13.1 Å². The van der Waals surface area contributed by atoms with Crippen LogP contribution in [0.4, 0.5) is 10.1 Å². The Morgan fingerprint density at radius 2 is 1.93 bits per heavy atom. The van der Waals surface area contributed by atoms with E-state index in [1.54, 1.807) is 0 Å². The van der Waals surface area contributed by atoms with Gasteiger partial charge in [-0.1, -0.05) is 18.2 Å². The number of β-amino-alcohol motifs (C(OH)–C–C–N with tert-alkyl or cyclic N) is 1. The van der Waals surface area contributed by atoms with Crippen LogP contribution in [0.5, 0.6) is 0 Å². The fourth-order valence-corrected chi connectivity index (χ4v) is 3.92. The molecule has 2 atom stereocenters. The smallest absolute Gasteiger partial charge is 0.262 e. The summed E-state index contributed by atoms with van der Waals surface area (Å²) >= 11 is 0. The average molecular weight is 430 g/mol. The van der Waals surface area contributed by atoms with Crippen LogP contribution in [-0.2, 0) is 10.0 Å². The van der Waals surface area contributed by atoms with Crippen molar-refractivity contribution >= 4 is 34.0 Å². The number of nitrogens with one attached hydrogen (secondary N) is 3. The molecule has 0 bridgehead atoms. The van der Waals surface area contributed by atoms with Gasteiger partial charge >= 0.3 is 0 Å². The number of carbonyl (C=O) groups excluding carboxylic acids is 1. The monoisotopic (exact) mass is 429 g/mol. The fourth-order valence-electron chi connectivity index (χ4n) is 2.81. The zero-order chi connectivity index (χ0) is 19.4. The van der Waals surface area contributed by atoms with E-state index in [1.807, 2.05) is 0 Å². The summed E-state index contributed by atoms with van der Waals surface area (Å²) in [6.45, 7) is 1.36. The van der Waals surface area contributed by atoms with Crippen molar-refractivity contribution in [2.45, 2.75) is 11.0 Å². The van der Waals surface area contributed by atoms with E-state index in [-0.39, 0.29) is 41.0 Å². The van der Waals surface area contributed by atoms with Gasteiger partial charge < -0.3 is 15.7 Å². The summed E-state index contributed by atoms with van der Waals surface area (Å²) in [7, 11) is -4.05. The van der Waals surface area contributed by atoms with E-state index in [9.17, 15) is 22.7 Å². The van der Waals surface area contributed by atoms with E-state index >= 15 is 0 Å². The first-order chi connectivity index (χ1) is 12.9. The minimum Gasteiger partial charge on any atom is -0.391 e. The lowest BCUT2D eigenvalue weighted by molar-refractivity contribution is 0.0927. The zero-order valence-corrected chi connectivity index (χ0v) is 16.4. The van der Waals surface area contributed by atoms with Crippen LogP contribution in [0.1, 0.15) is 10.4 Å². The third-order valence-corrected chi connectivity index (χ3v) is 5.72. The van der Waals surface area contributed by atoms with E-state index in [0.717, 1.165) is 6.07 Å². The maximum atomic E-state index is 13.7. The molecule has 10 heteroatoms. The summed E-state index contributed by atoms with van der Waals surface area (Å²) in [5, 5.41) is 15.5. The highest BCUT2D eigenvalue weighted by molar-refractivity contribution is 7.92. The highest BCUT2D eigenvalue weighted by Gasteiger charge is 2.25. The number of amides is 1. The number of sulfonamides is 1. The summed E-state index contributed by atoms with van der Waals surface area (Å²) in [5.41, 5.74) is -0.0121. The van der Waals surface area contributed by atoms with Crippen molar-refractivity contribution in [3.05, 3.63) is 59.9 Å². The second-order valence-corrected chi connectivity index (χ2v) is 7.99. The van der Waals surface area contributed by atoms with Gasteiger partial charge in [-0.05, 0) is 30.3 Å². The SMILES string of the molecule is Cl.O=C(NCC1CNCC1O)c1cccc(S(=O)(=O)Nc2ccccc2F)c1. The molecule has 28 heavy (non-hydrogen) atoms. The zero-order valence-electron chi connectivity index (χ0n) is 14.8. The van der Waals surface area contributed by atoms with Gasteiger partial charge in [0.15, 0.2) is 0 Å². The van der Waals surface area contributed by atoms with Crippen molar-refractivity contribution in [3.63, 3.8) is 0 Å². The van der Waals surface area contributed by atoms with Crippen LogP contribution in [0.3, 0.4) is 0 Å². The lowest BCUT2D eigenvalue weighted by atomic mass is 10.1. The molecule has 1 aliphatic heterocycles. The van der Waals surface area contributed by atoms with Gasteiger partial charge in [0.2, 0.25) is 0 Å². The van der Waals surface area contributed by atoms with Gasteiger partial charge in [-0.25, -0.2) is 12.8 Å². The van der Waals surface area contributed by atoms with Crippen LogP contribution in [0, 0.1) is 11.7 Å². The van der Waals surface area contributed by atoms with Crippen molar-refractivity contribution in [1.29, 1.82) is 0 Å². The normalized spacial score (nSPS) is 18.9. The van der Waals surface area contributed by atoms with Crippen molar-refractivity contribution < 1.29 is 22.7 Å². The molecule has 2 aromatic carbocycles. The molecule has 0 spiro atoms. The van der Waals surface area contributed by atoms with Crippen molar-refractivity contribution in [2.24, 2.45) is 5.92 Å². The molecule has 1 saturated heterocycles. The lowest BCUT2D eigenvalue weighted by Gasteiger charge is -2.14. The third-order valence-electron chi connectivity index (χ3n) is 4.35. The summed E-state index contributed by atoms with van der Waals surface area (Å²) in [6, 6.07) is 10.9. The third kappa shape index (κ3) is 5.20. The highest BCUT2D eigenvalue weighted by atomic mass is 35.5. The first-order valence-corrected chi connectivity index (χ1v) is 9.89. The second-order valence-electron chi connectivity index (χ2n) is 6.31. The van der Waals surface area contributed by atoms with Gasteiger partial charge in [0, 0.05) is 31.1 Å². The molecule has 1 heterocycles. The van der Waals surface area contributed by atoms with Crippen LogP contribution in [0.2, 0.25) is 0 Å². The van der Waals surface area contributed by atoms with Gasteiger partial charge in [-0.3, -0.25) is 9.52 Å². The Morgan fingerprint density at radius 3 is 2.61 bits per heavy atom. The first-order valence-electron chi connectivity index (χ1n) is 8.41. The molecule has 2 aromatic rings. The number of hydrogen-bond donors (Lipinski definition) is 4. The molecule has 152 valence electrons. The Morgan fingerprint density at radius 1 is 1.18 bits per heavy atom. The van der Waals surface area contributed by atoms with Crippen LogP contribution < -0.4 is 15.4 Å². The molecule has 4 N–H and O–H groups in total. The number of carbonyl (C=O) groups is 1. The van der Waals surface area contributed by atoms with Crippen molar-refractivity contribution in [2.75, 3.05) is 24.4 Å². The molecule has 0 aromatic heterocycles. The number of aliphatic hydroxyl groups excluding tert-OH is 1. The highest BCUT2D eigenvalue weighted by Crippen LogP contribution is 2.19. The quantitative estimate of drug-likeness (QED) is 0.554. The molecule has 0 saturated carbocycles. The number of benzene rings is 2. The topological polar surface area (TPSA) is 108 Å². The summed E-state index contributed by atoms with van der Waals surface area (Å²) < 4.78 is 40.9. The van der Waals surface area contributed by atoms with Crippen LogP contribution in [0.25, 0.3) is 0 Å². The maximum Gasteiger partial charge on any atom is 0.262 e. The molecule has 0 radical (unpaired) electrons. The predicted molar refractivity (Wildman–Crippen MR) is 106 cm³/mol. The second kappa shape index (κ2) is 9.33. The number of anilines is 1. The Labute approximate surface area is 168 Å². The predicted octanol–water partition coefficient (Wildman–Crippen LogP) is 1.36. The van der Waals surface area contributed by atoms with E-state index in [1.165, 1.54) is 42.5 Å². The lowest BCUT2D eigenvalue weighted by Crippen LogP contribution is -2.34. The maximum absolute atomic E-state index is 13.7. The number of rotatable bonds is 6. The van der Waals surface area contributed by atoms with Gasteiger partial charge in [-0.2, -0.15) is 0 Å². The average Bonchev–Trinajstić information content (AvgIpc) is 3.06. The number of para-hydroxylation sites is 1. The standard InChI is InChI=1S/C18H20FN3O4S.ClH/c19-15-6-1-2-7-16(15)22-27(25,26)14-5-3-4-12(8-14)18(24)21-10-13-9-20-11-17(13)23;/h1-8,13,17,20,22-23H,9-11H2,(H,21,24);1H.